The van der Waals surface area contributed by atoms with Crippen molar-refractivity contribution in [3.05, 3.63) is 0 Å². The fourth-order valence-corrected chi connectivity index (χ4v) is 0.411. The molecule has 0 aromatic rings. The Morgan fingerprint density at radius 2 is 1.88 bits per heavy atom. The van der Waals surface area contributed by atoms with Crippen LogP contribution in [0.15, 0.2) is 0 Å². The van der Waals surface area contributed by atoms with Crippen LogP contribution in [0.2, 0.25) is 0 Å². The number of methoxy groups -OCH3 is 1. The van der Waals surface area contributed by atoms with Gasteiger partial charge in [0.05, 0.1) is 7.11 Å². The summed E-state index contributed by atoms with van der Waals surface area (Å²) in [7, 11) is 1.25. The van der Waals surface area contributed by atoms with Crippen LogP contribution < -0.4 is 0 Å². The van der Waals surface area contributed by atoms with Crippen molar-refractivity contribution < 1.29 is 9.53 Å². The molecule has 0 rings (SSSR count). The topological polar surface area (TPSA) is 26.3 Å². The number of esters is 1. The number of hydrogen-bond donors (Lipinski definition) is 3. The quantitative estimate of drug-likeness (QED) is 0.305. The van der Waals surface area contributed by atoms with Gasteiger partial charge in [-0.3, -0.25) is 0 Å². The first kappa shape index (κ1) is 8.52. The summed E-state index contributed by atoms with van der Waals surface area (Å²) in [5, 5.41) is 0. The summed E-state index contributed by atoms with van der Waals surface area (Å²) in [6.07, 6.45) is 0. The smallest absolute Gasteiger partial charge is 0.342 e. The molecule has 0 N–H and O–H groups in total. The Morgan fingerprint density at radius 3 is 1.88 bits per heavy atom. The van der Waals surface area contributed by atoms with E-state index in [0.717, 1.165) is 0 Å². The predicted molar refractivity (Wildman–Crippen MR) is 41.7 cm³/mol. The Balaban J connectivity index is 3.82. The first-order chi connectivity index (χ1) is 3.48. The van der Waals surface area contributed by atoms with Gasteiger partial charge in [-0.25, -0.2) is 4.79 Å². The molecule has 0 aliphatic heterocycles. The minimum Gasteiger partial charge on any atom is -0.467 e. The highest BCUT2D eigenvalue weighted by atomic mass is 32.2. The minimum atomic E-state index is -1.27. The third-order valence-electron chi connectivity index (χ3n) is 0.459. The number of carbonyl (C=O) groups excluding carboxylic acids is 1. The summed E-state index contributed by atoms with van der Waals surface area (Å²) in [4.78, 5) is 10.4. The maximum atomic E-state index is 10.4. The Kier molecular flexibility index (Phi) is 3.08. The lowest BCUT2D eigenvalue weighted by Gasteiger charge is -2.10. The van der Waals surface area contributed by atoms with Gasteiger partial charge in [-0.2, -0.15) is 0 Å². The van der Waals surface area contributed by atoms with Crippen LogP contribution in [-0.4, -0.2) is 16.5 Å². The number of ether oxygens (including phenoxy) is 1. The molecule has 0 fully saturated rings. The Bertz CT molecular complexity index is 95.2. The van der Waals surface area contributed by atoms with Gasteiger partial charge in [-0.1, -0.05) is 0 Å². The lowest BCUT2D eigenvalue weighted by Crippen LogP contribution is -2.20. The Labute approximate surface area is 64.2 Å². The van der Waals surface area contributed by atoms with E-state index in [2.05, 4.69) is 42.6 Å². The zero-order valence-corrected chi connectivity index (χ0v) is 6.84. The van der Waals surface area contributed by atoms with Crippen LogP contribution >= 0.6 is 37.9 Å². The van der Waals surface area contributed by atoms with Crippen LogP contribution in [0.1, 0.15) is 0 Å². The second-order valence-corrected chi connectivity index (χ2v) is 4.20. The van der Waals surface area contributed by atoms with Crippen LogP contribution in [0.4, 0.5) is 0 Å². The fourth-order valence-electron chi connectivity index (χ4n) is 0.137. The first-order valence-electron chi connectivity index (χ1n) is 1.74. The Morgan fingerprint density at radius 1 is 1.50 bits per heavy atom. The molecule has 0 unspecified atom stereocenters. The molecule has 0 atom stereocenters. The molecule has 48 valence electrons. The van der Waals surface area contributed by atoms with Crippen LogP contribution in [0.5, 0.6) is 0 Å². The molecule has 0 saturated heterocycles. The lowest BCUT2D eigenvalue weighted by atomic mass is 10.8. The maximum Gasteiger partial charge on any atom is 0.342 e. The highest BCUT2D eigenvalue weighted by Crippen LogP contribution is 2.24. The summed E-state index contributed by atoms with van der Waals surface area (Å²) in [5.41, 5.74) is 0. The van der Waals surface area contributed by atoms with Gasteiger partial charge < -0.3 is 4.74 Å². The maximum absolute atomic E-state index is 10.4. The van der Waals surface area contributed by atoms with Crippen LogP contribution in [0.3, 0.4) is 0 Å². The van der Waals surface area contributed by atoms with Crippen molar-refractivity contribution in [3.63, 3.8) is 0 Å². The molecule has 0 amide bonds. The standard InChI is InChI=1S/C3H6O2S3/c1-5-2(4)3(6,7)8/h6-8H,1H3. The molecule has 2 nitrogen and oxygen atoms in total. The van der Waals surface area contributed by atoms with E-state index >= 15 is 0 Å². The second kappa shape index (κ2) is 2.89. The summed E-state index contributed by atoms with van der Waals surface area (Å²) in [6.45, 7) is 0. The highest BCUT2D eigenvalue weighted by Gasteiger charge is 2.25. The van der Waals surface area contributed by atoms with Gasteiger partial charge in [0.15, 0.2) is 3.41 Å². The van der Waals surface area contributed by atoms with E-state index in [0.29, 0.717) is 0 Å². The molecule has 8 heavy (non-hydrogen) atoms. The molecule has 0 spiro atoms. The van der Waals surface area contributed by atoms with E-state index in [1.54, 1.807) is 0 Å². The third-order valence-corrected chi connectivity index (χ3v) is 1.01. The zero-order valence-electron chi connectivity index (χ0n) is 4.16. The minimum absolute atomic E-state index is 0.576. The first-order valence-corrected chi connectivity index (χ1v) is 3.08. The van der Waals surface area contributed by atoms with Gasteiger partial charge in [0.2, 0.25) is 0 Å². The van der Waals surface area contributed by atoms with Gasteiger partial charge in [0.1, 0.15) is 0 Å². The number of carbonyl (C=O) groups is 1. The van der Waals surface area contributed by atoms with Crippen molar-refractivity contribution in [2.24, 2.45) is 0 Å². The zero-order chi connectivity index (χ0) is 6.78. The highest BCUT2D eigenvalue weighted by molar-refractivity contribution is 8.18. The SMILES string of the molecule is COC(=O)C(S)(S)S. The van der Waals surface area contributed by atoms with Crippen molar-refractivity contribution in [1.82, 2.24) is 0 Å². The van der Waals surface area contributed by atoms with E-state index in [9.17, 15) is 4.79 Å². The molecular formula is C3H6O2S3. The fraction of sp³-hybridized carbons (Fsp3) is 0.667. The number of thiol groups is 3. The summed E-state index contributed by atoms with van der Waals surface area (Å²) < 4.78 is 2.98. The molecule has 0 aromatic carbocycles. The molecular weight excluding hydrogens is 164 g/mol. The molecule has 0 bridgehead atoms. The molecule has 5 heteroatoms. The predicted octanol–water partition coefficient (Wildman–Crippen LogP) is 0.603. The Hall–Kier alpha value is 0.520. The second-order valence-electron chi connectivity index (χ2n) is 1.13. The van der Waals surface area contributed by atoms with E-state index in [4.69, 9.17) is 0 Å². The lowest BCUT2D eigenvalue weighted by molar-refractivity contribution is -0.138. The van der Waals surface area contributed by atoms with Gasteiger partial charge >= 0.3 is 5.97 Å². The van der Waals surface area contributed by atoms with E-state index in [1.807, 2.05) is 0 Å². The molecule has 0 heterocycles. The van der Waals surface area contributed by atoms with E-state index < -0.39 is 9.38 Å². The summed E-state index contributed by atoms with van der Waals surface area (Å²) in [6, 6.07) is 0. The summed E-state index contributed by atoms with van der Waals surface area (Å²) in [5.74, 6) is -0.576. The average molecular weight is 170 g/mol. The molecule has 0 aromatic heterocycles. The molecule has 0 radical (unpaired) electrons. The molecule has 0 saturated carbocycles. The third kappa shape index (κ3) is 2.74. The van der Waals surface area contributed by atoms with Gasteiger partial charge in [0.25, 0.3) is 0 Å². The van der Waals surface area contributed by atoms with Crippen molar-refractivity contribution in [1.29, 1.82) is 0 Å². The number of hydrogen-bond acceptors (Lipinski definition) is 5. The van der Waals surface area contributed by atoms with Crippen LogP contribution in [0, 0.1) is 0 Å². The van der Waals surface area contributed by atoms with E-state index in [1.165, 1.54) is 7.11 Å². The van der Waals surface area contributed by atoms with Crippen molar-refractivity contribution >= 4 is 43.9 Å². The van der Waals surface area contributed by atoms with Gasteiger partial charge in [-0.05, 0) is 0 Å². The normalized spacial score (nSPS) is 11.0. The monoisotopic (exact) mass is 170 g/mol. The van der Waals surface area contributed by atoms with Crippen LogP contribution in [0.25, 0.3) is 0 Å². The van der Waals surface area contributed by atoms with Crippen molar-refractivity contribution in [3.8, 4) is 0 Å². The van der Waals surface area contributed by atoms with Crippen molar-refractivity contribution in [2.75, 3.05) is 7.11 Å². The average Bonchev–Trinajstić information content (AvgIpc) is 1.62. The molecule has 0 aliphatic rings. The van der Waals surface area contributed by atoms with E-state index in [-0.39, 0.29) is 0 Å². The van der Waals surface area contributed by atoms with Gasteiger partial charge in [0, 0.05) is 0 Å². The number of rotatable bonds is 1. The van der Waals surface area contributed by atoms with Crippen LogP contribution in [-0.2, 0) is 9.53 Å². The summed E-state index contributed by atoms with van der Waals surface area (Å²) >= 11 is 11.1. The largest absolute Gasteiger partial charge is 0.467 e. The molecule has 0 aliphatic carbocycles. The van der Waals surface area contributed by atoms with Gasteiger partial charge in [-0.15, -0.1) is 37.9 Å². The van der Waals surface area contributed by atoms with Crippen molar-refractivity contribution in [2.45, 2.75) is 3.41 Å².